The molecule has 1 saturated heterocycles. The number of hydrogen-bond donors (Lipinski definition) is 0. The predicted molar refractivity (Wildman–Crippen MR) is 56.4 cm³/mol. The molecule has 0 saturated carbocycles. The van der Waals surface area contributed by atoms with Crippen molar-refractivity contribution >= 4 is 5.91 Å². The largest absolute Gasteiger partial charge is 0.371 e. The van der Waals surface area contributed by atoms with Crippen LogP contribution >= 0.6 is 0 Å². The third-order valence-corrected chi connectivity index (χ3v) is 2.52. The minimum absolute atomic E-state index is 0.00372. The van der Waals surface area contributed by atoms with Gasteiger partial charge < -0.3 is 9.64 Å². The summed E-state index contributed by atoms with van der Waals surface area (Å²) in [6, 6.07) is 0. The van der Waals surface area contributed by atoms with Gasteiger partial charge in [-0.3, -0.25) is 4.79 Å². The average Bonchev–Trinajstić information content (AvgIpc) is 2.16. The summed E-state index contributed by atoms with van der Waals surface area (Å²) in [6.45, 7) is 4.78. The third kappa shape index (κ3) is 4.43. The van der Waals surface area contributed by atoms with Crippen molar-refractivity contribution in [2.24, 2.45) is 5.92 Å². The molecular formula is C11H19F2NO2. The zero-order valence-corrected chi connectivity index (χ0v) is 9.84. The first-order chi connectivity index (χ1) is 7.41. The van der Waals surface area contributed by atoms with Gasteiger partial charge in [-0.05, 0) is 5.92 Å². The van der Waals surface area contributed by atoms with Gasteiger partial charge in [0.05, 0.1) is 0 Å². The van der Waals surface area contributed by atoms with Crippen LogP contribution < -0.4 is 0 Å². The Morgan fingerprint density at radius 3 is 2.44 bits per heavy atom. The van der Waals surface area contributed by atoms with Crippen molar-refractivity contribution < 1.29 is 18.3 Å². The zero-order valence-electron chi connectivity index (χ0n) is 9.84. The molecule has 0 bridgehead atoms. The van der Waals surface area contributed by atoms with Crippen LogP contribution in [0.4, 0.5) is 8.78 Å². The molecule has 0 radical (unpaired) electrons. The predicted octanol–water partition coefficient (Wildman–Crippen LogP) is 1.92. The van der Waals surface area contributed by atoms with Crippen molar-refractivity contribution in [1.82, 2.24) is 4.90 Å². The monoisotopic (exact) mass is 235 g/mol. The van der Waals surface area contributed by atoms with Gasteiger partial charge >= 0.3 is 0 Å². The molecule has 1 fully saturated rings. The van der Waals surface area contributed by atoms with E-state index in [-0.39, 0.29) is 38.4 Å². The SMILES string of the molecule is CC(C)COCC(=O)N1CCC(F)(F)CC1. The molecule has 1 aliphatic rings. The summed E-state index contributed by atoms with van der Waals surface area (Å²) in [5, 5.41) is 0. The number of alkyl halides is 2. The van der Waals surface area contributed by atoms with Gasteiger partial charge in [0, 0.05) is 32.5 Å². The molecule has 0 N–H and O–H groups in total. The molecule has 1 rings (SSSR count). The number of halogens is 2. The van der Waals surface area contributed by atoms with Crippen LogP contribution in [0.2, 0.25) is 0 Å². The van der Waals surface area contributed by atoms with E-state index in [1.165, 1.54) is 4.90 Å². The van der Waals surface area contributed by atoms with Crippen LogP contribution in [0.1, 0.15) is 26.7 Å². The number of amides is 1. The fraction of sp³-hybridized carbons (Fsp3) is 0.909. The number of nitrogens with zero attached hydrogens (tertiary/aromatic N) is 1. The number of hydrogen-bond acceptors (Lipinski definition) is 2. The average molecular weight is 235 g/mol. The van der Waals surface area contributed by atoms with Crippen LogP contribution in [0.15, 0.2) is 0 Å². The molecule has 0 aliphatic carbocycles. The van der Waals surface area contributed by atoms with Gasteiger partial charge in [0.2, 0.25) is 5.91 Å². The first-order valence-electron chi connectivity index (χ1n) is 5.64. The Bertz CT molecular complexity index is 234. The smallest absolute Gasteiger partial charge is 0.251 e. The van der Waals surface area contributed by atoms with Crippen LogP contribution in [0.25, 0.3) is 0 Å². The Kier molecular flexibility index (Phi) is 4.65. The Hall–Kier alpha value is -0.710. The van der Waals surface area contributed by atoms with E-state index >= 15 is 0 Å². The van der Waals surface area contributed by atoms with Gasteiger partial charge in [-0.2, -0.15) is 0 Å². The van der Waals surface area contributed by atoms with Crippen LogP contribution in [0, 0.1) is 5.92 Å². The molecule has 16 heavy (non-hydrogen) atoms. The summed E-state index contributed by atoms with van der Waals surface area (Å²) >= 11 is 0. The van der Waals surface area contributed by atoms with Crippen LogP contribution in [-0.4, -0.2) is 43.0 Å². The van der Waals surface area contributed by atoms with E-state index in [1.54, 1.807) is 0 Å². The Balaban J connectivity index is 2.23. The number of ether oxygens (including phenoxy) is 1. The van der Waals surface area contributed by atoms with Crippen molar-refractivity contribution in [2.75, 3.05) is 26.3 Å². The number of carbonyl (C=O) groups is 1. The van der Waals surface area contributed by atoms with Gasteiger partial charge in [0.15, 0.2) is 0 Å². The Morgan fingerprint density at radius 1 is 1.38 bits per heavy atom. The summed E-state index contributed by atoms with van der Waals surface area (Å²) in [5.74, 6) is -2.41. The minimum Gasteiger partial charge on any atom is -0.371 e. The topological polar surface area (TPSA) is 29.5 Å². The van der Waals surface area contributed by atoms with E-state index in [1.807, 2.05) is 13.8 Å². The highest BCUT2D eigenvalue weighted by Crippen LogP contribution is 2.27. The van der Waals surface area contributed by atoms with Gasteiger partial charge in [-0.25, -0.2) is 8.78 Å². The molecule has 0 aromatic rings. The molecule has 3 nitrogen and oxygen atoms in total. The second-order valence-electron chi connectivity index (χ2n) is 4.65. The Morgan fingerprint density at radius 2 is 1.94 bits per heavy atom. The lowest BCUT2D eigenvalue weighted by Crippen LogP contribution is -2.44. The molecular weight excluding hydrogens is 216 g/mol. The summed E-state index contributed by atoms with van der Waals surface area (Å²) in [7, 11) is 0. The molecule has 1 heterocycles. The van der Waals surface area contributed by atoms with Crippen molar-refractivity contribution in [3.8, 4) is 0 Å². The number of rotatable bonds is 4. The molecule has 0 atom stereocenters. The van der Waals surface area contributed by atoms with E-state index in [4.69, 9.17) is 4.74 Å². The summed E-state index contributed by atoms with van der Waals surface area (Å²) < 4.78 is 30.8. The molecule has 5 heteroatoms. The zero-order chi connectivity index (χ0) is 12.2. The van der Waals surface area contributed by atoms with Gasteiger partial charge in [0.1, 0.15) is 6.61 Å². The molecule has 94 valence electrons. The lowest BCUT2D eigenvalue weighted by Gasteiger charge is -2.31. The molecule has 0 aromatic carbocycles. The molecule has 1 aliphatic heterocycles. The summed E-state index contributed by atoms with van der Waals surface area (Å²) in [5.41, 5.74) is 0. The minimum atomic E-state index is -2.60. The number of piperidine rings is 1. The fourth-order valence-electron chi connectivity index (χ4n) is 1.56. The summed E-state index contributed by atoms with van der Waals surface area (Å²) in [6.07, 6.45) is -0.466. The van der Waals surface area contributed by atoms with Gasteiger partial charge in [-0.1, -0.05) is 13.8 Å². The van der Waals surface area contributed by atoms with Crippen molar-refractivity contribution in [3.63, 3.8) is 0 Å². The van der Waals surface area contributed by atoms with Crippen molar-refractivity contribution in [1.29, 1.82) is 0 Å². The number of likely N-dealkylation sites (tertiary alicyclic amines) is 1. The maximum atomic E-state index is 12.8. The van der Waals surface area contributed by atoms with Crippen LogP contribution in [-0.2, 0) is 9.53 Å². The van der Waals surface area contributed by atoms with Crippen LogP contribution in [0.5, 0.6) is 0 Å². The third-order valence-electron chi connectivity index (χ3n) is 2.52. The quantitative estimate of drug-likeness (QED) is 0.745. The van der Waals surface area contributed by atoms with Crippen LogP contribution in [0.3, 0.4) is 0 Å². The van der Waals surface area contributed by atoms with E-state index in [0.29, 0.717) is 12.5 Å². The molecule has 0 unspecified atom stereocenters. The van der Waals surface area contributed by atoms with Crippen molar-refractivity contribution in [3.05, 3.63) is 0 Å². The van der Waals surface area contributed by atoms with Gasteiger partial charge in [-0.15, -0.1) is 0 Å². The lowest BCUT2D eigenvalue weighted by molar-refractivity contribution is -0.142. The van der Waals surface area contributed by atoms with E-state index < -0.39 is 5.92 Å². The fourth-order valence-corrected chi connectivity index (χ4v) is 1.56. The maximum absolute atomic E-state index is 12.8. The van der Waals surface area contributed by atoms with Crippen molar-refractivity contribution in [2.45, 2.75) is 32.6 Å². The summed E-state index contributed by atoms with van der Waals surface area (Å²) in [4.78, 5) is 13.0. The van der Waals surface area contributed by atoms with E-state index in [0.717, 1.165) is 0 Å². The van der Waals surface area contributed by atoms with E-state index in [9.17, 15) is 13.6 Å². The number of carbonyl (C=O) groups excluding carboxylic acids is 1. The molecule has 0 aromatic heterocycles. The second-order valence-corrected chi connectivity index (χ2v) is 4.65. The van der Waals surface area contributed by atoms with E-state index in [2.05, 4.69) is 0 Å². The first-order valence-corrected chi connectivity index (χ1v) is 5.64. The first kappa shape index (κ1) is 13.4. The Labute approximate surface area is 94.7 Å². The second kappa shape index (κ2) is 5.57. The maximum Gasteiger partial charge on any atom is 0.251 e. The highest BCUT2D eigenvalue weighted by Gasteiger charge is 2.35. The highest BCUT2D eigenvalue weighted by molar-refractivity contribution is 5.77. The standard InChI is InChI=1S/C11H19F2NO2/c1-9(2)7-16-8-10(15)14-5-3-11(12,13)4-6-14/h9H,3-8H2,1-2H3. The normalized spacial score (nSPS) is 20.2. The molecule has 0 spiro atoms. The molecule has 1 amide bonds. The highest BCUT2D eigenvalue weighted by atomic mass is 19.3. The van der Waals surface area contributed by atoms with Gasteiger partial charge in [0.25, 0.3) is 5.92 Å². The lowest BCUT2D eigenvalue weighted by atomic mass is 10.1.